The van der Waals surface area contributed by atoms with E-state index in [9.17, 15) is 14.9 Å². The molecule has 2 aliphatic heterocycles. The minimum absolute atomic E-state index is 0.0887. The molecule has 8 nitrogen and oxygen atoms in total. The third-order valence-corrected chi connectivity index (χ3v) is 7.28. The van der Waals surface area contributed by atoms with Gasteiger partial charge in [0.15, 0.2) is 5.17 Å². The quantitative estimate of drug-likeness (QED) is 0.234. The van der Waals surface area contributed by atoms with Crippen molar-refractivity contribution in [2.45, 2.75) is 0 Å². The van der Waals surface area contributed by atoms with Crippen molar-refractivity contribution in [1.29, 1.82) is 0 Å². The van der Waals surface area contributed by atoms with Crippen LogP contribution in [-0.4, -0.2) is 47.1 Å². The van der Waals surface area contributed by atoms with Crippen LogP contribution in [0.4, 0.5) is 11.4 Å². The normalized spacial score (nSPS) is 17.3. The molecule has 0 bridgehead atoms. The van der Waals surface area contributed by atoms with Gasteiger partial charge in [0.1, 0.15) is 17.2 Å². The fourth-order valence-corrected chi connectivity index (χ4v) is 5.28. The predicted molar refractivity (Wildman–Crippen MR) is 139 cm³/mol. The molecule has 0 radical (unpaired) electrons. The number of thioether (sulfide) groups is 1. The summed E-state index contributed by atoms with van der Waals surface area (Å²) in [5.74, 6) is 0.724. The number of nitro groups is 1. The largest absolute Gasteiger partial charge is 0.457 e. The number of nitro benzene ring substituents is 1. The molecule has 178 valence electrons. The van der Waals surface area contributed by atoms with Gasteiger partial charge in [-0.1, -0.05) is 35.3 Å². The van der Waals surface area contributed by atoms with E-state index in [1.165, 1.54) is 17.8 Å². The monoisotopic (exact) mass is 528 g/mol. The Balaban J connectivity index is 1.25. The van der Waals surface area contributed by atoms with Gasteiger partial charge in [-0.3, -0.25) is 14.9 Å². The van der Waals surface area contributed by atoms with Crippen LogP contribution in [0.3, 0.4) is 0 Å². The number of hydrogen-bond acceptors (Lipinski definition) is 7. The lowest BCUT2D eigenvalue weighted by molar-refractivity contribution is -0.384. The number of hydrogen-bond donors (Lipinski definition) is 0. The molecule has 1 saturated heterocycles. The van der Waals surface area contributed by atoms with E-state index >= 15 is 0 Å². The van der Waals surface area contributed by atoms with Crippen molar-refractivity contribution in [1.82, 2.24) is 4.90 Å². The molecule has 0 atom stereocenters. The molecule has 0 saturated carbocycles. The van der Waals surface area contributed by atoms with Crippen molar-refractivity contribution >= 4 is 63.5 Å². The highest BCUT2D eigenvalue weighted by Gasteiger charge is 2.30. The van der Waals surface area contributed by atoms with E-state index in [0.717, 1.165) is 0 Å². The molecule has 0 N–H and O–H groups in total. The molecule has 5 rings (SSSR count). The lowest BCUT2D eigenvalue weighted by Gasteiger charge is -2.36. The van der Waals surface area contributed by atoms with E-state index in [4.69, 9.17) is 27.6 Å². The van der Waals surface area contributed by atoms with Crippen LogP contribution in [0.25, 0.3) is 17.4 Å². The third kappa shape index (κ3) is 4.93. The van der Waals surface area contributed by atoms with Gasteiger partial charge in [0.05, 0.1) is 14.9 Å². The van der Waals surface area contributed by atoms with Crippen molar-refractivity contribution in [2.75, 3.05) is 31.1 Å². The molecular formula is C24H18Cl2N4O4S. The van der Waals surface area contributed by atoms with Crippen LogP contribution in [0.2, 0.25) is 10.0 Å². The van der Waals surface area contributed by atoms with Gasteiger partial charge in [0.2, 0.25) is 0 Å². The van der Waals surface area contributed by atoms with Gasteiger partial charge in [-0.25, -0.2) is 0 Å². The molecule has 2 aromatic carbocycles. The second-order valence-electron chi connectivity index (χ2n) is 7.86. The number of nitrogens with zero attached hydrogens (tertiary/aromatic N) is 4. The Bertz CT molecular complexity index is 1380. The highest BCUT2D eigenvalue weighted by molar-refractivity contribution is 8.18. The molecule has 1 aromatic heterocycles. The maximum Gasteiger partial charge on any atom is 0.292 e. The highest BCUT2D eigenvalue weighted by Crippen LogP contribution is 2.35. The number of carbonyl (C=O) groups excluding carboxylic acids is 1. The zero-order valence-electron chi connectivity index (χ0n) is 18.2. The van der Waals surface area contributed by atoms with Crippen molar-refractivity contribution in [3.05, 3.63) is 85.4 Å². The van der Waals surface area contributed by atoms with E-state index in [-0.39, 0.29) is 16.5 Å². The molecule has 11 heteroatoms. The van der Waals surface area contributed by atoms with Crippen LogP contribution in [0.15, 0.2) is 68.9 Å². The summed E-state index contributed by atoms with van der Waals surface area (Å²) in [7, 11) is 0. The van der Waals surface area contributed by atoms with Crippen LogP contribution in [0.5, 0.6) is 0 Å². The predicted octanol–water partition coefficient (Wildman–Crippen LogP) is 5.95. The average molecular weight is 529 g/mol. The molecular weight excluding hydrogens is 511 g/mol. The third-order valence-electron chi connectivity index (χ3n) is 5.67. The first-order valence-electron chi connectivity index (χ1n) is 10.7. The van der Waals surface area contributed by atoms with Crippen LogP contribution in [-0.2, 0) is 4.79 Å². The second-order valence-corrected chi connectivity index (χ2v) is 9.71. The molecule has 0 spiro atoms. The van der Waals surface area contributed by atoms with E-state index in [2.05, 4.69) is 4.99 Å². The number of amidine groups is 1. The lowest BCUT2D eigenvalue weighted by Crippen LogP contribution is -2.48. The Labute approximate surface area is 215 Å². The standard InChI is InChI=1S/C24H18Cl2N4O4S/c25-15-5-7-18(26)17(13-15)21-8-6-16(34-21)14-22-23(31)27-24(35-22)29-11-9-28(10-12-29)19-3-1-2-4-20(19)30(32)33/h1-8,13-14H,9-12H2/b22-14-. The second kappa shape index (κ2) is 9.77. The van der Waals surface area contributed by atoms with Gasteiger partial charge < -0.3 is 14.2 Å². The average Bonchev–Trinajstić information content (AvgIpc) is 3.47. The number of rotatable bonds is 4. The Kier molecular flexibility index (Phi) is 6.55. The molecule has 3 heterocycles. The number of carbonyl (C=O) groups is 1. The van der Waals surface area contributed by atoms with Crippen molar-refractivity contribution in [2.24, 2.45) is 4.99 Å². The minimum Gasteiger partial charge on any atom is -0.457 e. The number of piperazine rings is 1. The Morgan fingerprint density at radius 2 is 1.77 bits per heavy atom. The maximum absolute atomic E-state index is 12.5. The van der Waals surface area contributed by atoms with E-state index in [0.29, 0.717) is 69.1 Å². The summed E-state index contributed by atoms with van der Waals surface area (Å²) < 4.78 is 5.88. The van der Waals surface area contributed by atoms with Gasteiger partial charge in [-0.15, -0.1) is 0 Å². The highest BCUT2D eigenvalue weighted by atomic mass is 35.5. The first-order chi connectivity index (χ1) is 16.9. The fraction of sp³-hybridized carbons (Fsp3) is 0.167. The SMILES string of the molecule is O=C1N=C(N2CCN(c3ccccc3[N+](=O)[O-])CC2)S/C1=C\c1ccc(-c2cc(Cl)ccc2Cl)o1. The Hall–Kier alpha value is -3.27. The number of amides is 1. The minimum atomic E-state index is -0.366. The zero-order valence-corrected chi connectivity index (χ0v) is 20.5. The van der Waals surface area contributed by atoms with Crippen LogP contribution in [0, 0.1) is 10.1 Å². The van der Waals surface area contributed by atoms with E-state index < -0.39 is 0 Å². The number of halogens is 2. The van der Waals surface area contributed by atoms with Crippen molar-refractivity contribution in [3.63, 3.8) is 0 Å². The van der Waals surface area contributed by atoms with Crippen LogP contribution >= 0.6 is 35.0 Å². The molecule has 0 aliphatic carbocycles. The number of benzene rings is 2. The Morgan fingerprint density at radius 1 is 1.03 bits per heavy atom. The summed E-state index contributed by atoms with van der Waals surface area (Å²) >= 11 is 13.6. The molecule has 1 amide bonds. The molecule has 3 aromatic rings. The summed E-state index contributed by atoms with van der Waals surface area (Å²) in [4.78, 5) is 32.2. The summed E-state index contributed by atoms with van der Waals surface area (Å²) in [6.45, 7) is 2.35. The van der Waals surface area contributed by atoms with Gasteiger partial charge >= 0.3 is 0 Å². The van der Waals surface area contributed by atoms with Crippen molar-refractivity contribution in [3.8, 4) is 11.3 Å². The zero-order chi connectivity index (χ0) is 24.5. The van der Waals surface area contributed by atoms with E-state index in [1.54, 1.807) is 54.6 Å². The summed E-state index contributed by atoms with van der Waals surface area (Å²) in [5, 5.41) is 13.0. The smallest absolute Gasteiger partial charge is 0.292 e. The number of aliphatic imine (C=N–C) groups is 1. The van der Waals surface area contributed by atoms with Gasteiger partial charge in [0.25, 0.3) is 11.6 Å². The summed E-state index contributed by atoms with van der Waals surface area (Å²) in [6, 6.07) is 15.4. The van der Waals surface area contributed by atoms with E-state index in [1.807, 2.05) is 9.80 Å². The topological polar surface area (TPSA) is 92.2 Å². The number of para-hydroxylation sites is 2. The molecule has 35 heavy (non-hydrogen) atoms. The van der Waals surface area contributed by atoms with Gasteiger partial charge in [-0.05, 0) is 48.2 Å². The van der Waals surface area contributed by atoms with Crippen LogP contribution in [0.1, 0.15) is 5.76 Å². The summed E-state index contributed by atoms with van der Waals surface area (Å²) in [5.41, 5.74) is 1.36. The van der Waals surface area contributed by atoms with Crippen LogP contribution < -0.4 is 4.90 Å². The number of furan rings is 1. The molecule has 0 unspecified atom stereocenters. The van der Waals surface area contributed by atoms with Gasteiger partial charge in [0, 0.05) is 48.9 Å². The first-order valence-corrected chi connectivity index (χ1v) is 12.3. The maximum atomic E-state index is 12.5. The Morgan fingerprint density at radius 3 is 2.54 bits per heavy atom. The molecule has 1 fully saturated rings. The van der Waals surface area contributed by atoms with Crippen molar-refractivity contribution < 1.29 is 14.1 Å². The molecule has 2 aliphatic rings. The first kappa shape index (κ1) is 23.5. The fourth-order valence-electron chi connectivity index (χ4n) is 3.95. The van der Waals surface area contributed by atoms with Gasteiger partial charge in [-0.2, -0.15) is 4.99 Å². The number of anilines is 1. The summed E-state index contributed by atoms with van der Waals surface area (Å²) in [6.07, 6.45) is 1.66. The lowest BCUT2D eigenvalue weighted by atomic mass is 10.2.